The number of methoxy groups -OCH3 is 2. The van der Waals surface area contributed by atoms with Gasteiger partial charge < -0.3 is 14.6 Å². The van der Waals surface area contributed by atoms with Crippen LogP contribution >= 0.6 is 0 Å². The van der Waals surface area contributed by atoms with Crippen LogP contribution < -0.4 is 9.47 Å². The third kappa shape index (κ3) is 2.46. The van der Waals surface area contributed by atoms with Crippen molar-refractivity contribution in [2.75, 3.05) is 14.2 Å². The maximum Gasteiger partial charge on any atom is 0.162 e. The number of fused-ring (bicyclic) bond motifs is 1. The number of aliphatic hydroxyl groups is 1. The van der Waals surface area contributed by atoms with Crippen LogP contribution in [0.5, 0.6) is 11.5 Å². The average Bonchev–Trinajstić information content (AvgIpc) is 2.60. The predicted molar refractivity (Wildman–Crippen MR) is 84.0 cm³/mol. The van der Waals surface area contributed by atoms with Crippen LogP contribution in [0.4, 0.5) is 0 Å². The molecule has 1 N–H and O–H groups in total. The lowest BCUT2D eigenvalue weighted by Crippen LogP contribution is -1.94. The standard InChI is InChI=1S/C17H16N2O3/c1-21-15-7-13-14(8-16(15)22-2)18-10-19-17(13)12-5-3-11(9-20)4-6-12/h3-8,10,20H,9H2,1-2H3. The molecule has 0 aliphatic carbocycles. The smallest absolute Gasteiger partial charge is 0.162 e. The maximum absolute atomic E-state index is 9.14. The lowest BCUT2D eigenvalue weighted by Gasteiger charge is -2.11. The van der Waals surface area contributed by atoms with Gasteiger partial charge in [-0.2, -0.15) is 0 Å². The molecule has 0 radical (unpaired) electrons. The first kappa shape index (κ1) is 14.3. The zero-order chi connectivity index (χ0) is 15.5. The Morgan fingerprint density at radius 3 is 2.27 bits per heavy atom. The van der Waals surface area contributed by atoms with Gasteiger partial charge in [-0.15, -0.1) is 0 Å². The third-order valence-corrected chi connectivity index (χ3v) is 3.55. The fraction of sp³-hybridized carbons (Fsp3) is 0.176. The zero-order valence-corrected chi connectivity index (χ0v) is 12.4. The van der Waals surface area contributed by atoms with Crippen LogP contribution in [0.1, 0.15) is 5.56 Å². The molecule has 5 nitrogen and oxygen atoms in total. The second-order valence-electron chi connectivity index (χ2n) is 4.80. The number of ether oxygens (including phenoxy) is 2. The van der Waals surface area contributed by atoms with Crippen LogP contribution in [0.2, 0.25) is 0 Å². The molecule has 0 saturated heterocycles. The SMILES string of the molecule is COc1cc2ncnc(-c3ccc(CO)cc3)c2cc1OC. The first-order chi connectivity index (χ1) is 10.8. The second kappa shape index (κ2) is 5.99. The van der Waals surface area contributed by atoms with E-state index in [2.05, 4.69) is 9.97 Å². The van der Waals surface area contributed by atoms with Crippen molar-refractivity contribution in [3.63, 3.8) is 0 Å². The fourth-order valence-corrected chi connectivity index (χ4v) is 2.38. The van der Waals surface area contributed by atoms with Crippen molar-refractivity contribution in [2.24, 2.45) is 0 Å². The van der Waals surface area contributed by atoms with Crippen molar-refractivity contribution >= 4 is 10.9 Å². The van der Waals surface area contributed by atoms with E-state index in [1.165, 1.54) is 6.33 Å². The highest BCUT2D eigenvalue weighted by atomic mass is 16.5. The lowest BCUT2D eigenvalue weighted by atomic mass is 10.0. The molecule has 0 unspecified atom stereocenters. The number of hydrogen-bond donors (Lipinski definition) is 1. The Morgan fingerprint density at radius 1 is 0.955 bits per heavy atom. The van der Waals surface area contributed by atoms with Gasteiger partial charge in [-0.05, 0) is 11.6 Å². The monoisotopic (exact) mass is 296 g/mol. The minimum atomic E-state index is 0.0236. The molecule has 3 aromatic rings. The summed E-state index contributed by atoms with van der Waals surface area (Å²) in [5.74, 6) is 1.27. The van der Waals surface area contributed by atoms with E-state index in [4.69, 9.17) is 14.6 Å². The molecule has 0 aliphatic heterocycles. The topological polar surface area (TPSA) is 64.5 Å². The van der Waals surface area contributed by atoms with E-state index < -0.39 is 0 Å². The molecule has 112 valence electrons. The Labute approximate surface area is 128 Å². The Kier molecular flexibility index (Phi) is 3.89. The molecule has 0 bridgehead atoms. The van der Waals surface area contributed by atoms with Crippen molar-refractivity contribution in [2.45, 2.75) is 6.61 Å². The minimum absolute atomic E-state index is 0.0236. The zero-order valence-electron chi connectivity index (χ0n) is 12.4. The Balaban J connectivity index is 2.20. The first-order valence-corrected chi connectivity index (χ1v) is 6.83. The normalized spacial score (nSPS) is 10.7. The van der Waals surface area contributed by atoms with E-state index in [1.807, 2.05) is 36.4 Å². The summed E-state index contributed by atoms with van der Waals surface area (Å²) in [6, 6.07) is 11.3. The third-order valence-electron chi connectivity index (χ3n) is 3.55. The molecule has 0 fully saturated rings. The van der Waals surface area contributed by atoms with Gasteiger partial charge in [0.2, 0.25) is 0 Å². The molecule has 0 saturated carbocycles. The van der Waals surface area contributed by atoms with Gasteiger partial charge in [0, 0.05) is 17.0 Å². The number of benzene rings is 2. The van der Waals surface area contributed by atoms with Crippen molar-refractivity contribution in [3.05, 3.63) is 48.3 Å². The Bertz CT molecular complexity index is 801. The highest BCUT2D eigenvalue weighted by Gasteiger charge is 2.12. The van der Waals surface area contributed by atoms with Gasteiger partial charge in [0.05, 0.1) is 32.0 Å². The number of aliphatic hydroxyl groups excluding tert-OH is 1. The summed E-state index contributed by atoms with van der Waals surface area (Å²) in [5.41, 5.74) is 3.42. The molecule has 2 aromatic carbocycles. The Morgan fingerprint density at radius 2 is 1.64 bits per heavy atom. The number of nitrogens with zero attached hydrogens (tertiary/aromatic N) is 2. The summed E-state index contributed by atoms with van der Waals surface area (Å²) >= 11 is 0. The molecule has 0 aliphatic rings. The number of aromatic nitrogens is 2. The van der Waals surface area contributed by atoms with Crippen molar-refractivity contribution in [1.82, 2.24) is 9.97 Å². The highest BCUT2D eigenvalue weighted by molar-refractivity contribution is 5.94. The quantitative estimate of drug-likeness (QED) is 0.802. The van der Waals surface area contributed by atoms with E-state index >= 15 is 0 Å². The van der Waals surface area contributed by atoms with Crippen molar-refractivity contribution in [1.29, 1.82) is 0 Å². The first-order valence-electron chi connectivity index (χ1n) is 6.83. The largest absolute Gasteiger partial charge is 0.493 e. The summed E-state index contributed by atoms with van der Waals surface area (Å²) in [4.78, 5) is 8.69. The highest BCUT2D eigenvalue weighted by Crippen LogP contribution is 2.35. The van der Waals surface area contributed by atoms with Crippen LogP contribution in [0.25, 0.3) is 22.2 Å². The molecule has 22 heavy (non-hydrogen) atoms. The molecule has 0 spiro atoms. The number of hydrogen-bond acceptors (Lipinski definition) is 5. The summed E-state index contributed by atoms with van der Waals surface area (Å²) in [6.45, 7) is 0.0236. The van der Waals surface area contributed by atoms with E-state index in [0.29, 0.717) is 11.5 Å². The molecule has 1 aromatic heterocycles. The van der Waals surface area contributed by atoms with Crippen LogP contribution in [0.3, 0.4) is 0 Å². The van der Waals surface area contributed by atoms with Crippen LogP contribution in [0, 0.1) is 0 Å². The summed E-state index contributed by atoms with van der Waals surface area (Å²) in [6.07, 6.45) is 1.53. The van der Waals surface area contributed by atoms with Gasteiger partial charge in [-0.25, -0.2) is 9.97 Å². The van der Waals surface area contributed by atoms with Gasteiger partial charge in [-0.1, -0.05) is 24.3 Å². The van der Waals surface area contributed by atoms with E-state index in [1.54, 1.807) is 14.2 Å². The van der Waals surface area contributed by atoms with Gasteiger partial charge in [0.15, 0.2) is 11.5 Å². The van der Waals surface area contributed by atoms with Crippen LogP contribution in [-0.2, 0) is 6.61 Å². The van der Waals surface area contributed by atoms with E-state index in [-0.39, 0.29) is 6.61 Å². The molecule has 1 heterocycles. The average molecular weight is 296 g/mol. The predicted octanol–water partition coefficient (Wildman–Crippen LogP) is 2.81. The molecule has 3 rings (SSSR count). The molecular formula is C17H16N2O3. The maximum atomic E-state index is 9.14. The summed E-state index contributed by atoms with van der Waals surface area (Å²) in [7, 11) is 3.20. The van der Waals surface area contributed by atoms with Gasteiger partial charge in [0.25, 0.3) is 0 Å². The van der Waals surface area contributed by atoms with Gasteiger partial charge >= 0.3 is 0 Å². The second-order valence-corrected chi connectivity index (χ2v) is 4.80. The van der Waals surface area contributed by atoms with Gasteiger partial charge in [-0.3, -0.25) is 0 Å². The van der Waals surface area contributed by atoms with Crippen molar-refractivity contribution in [3.8, 4) is 22.8 Å². The van der Waals surface area contributed by atoms with E-state index in [9.17, 15) is 0 Å². The summed E-state index contributed by atoms with van der Waals surface area (Å²) < 4.78 is 10.7. The number of rotatable bonds is 4. The molecule has 5 heteroatoms. The molecule has 0 atom stereocenters. The molecular weight excluding hydrogens is 280 g/mol. The lowest BCUT2D eigenvalue weighted by molar-refractivity contribution is 0.282. The van der Waals surface area contributed by atoms with Crippen LogP contribution in [-0.4, -0.2) is 29.3 Å². The summed E-state index contributed by atoms with van der Waals surface area (Å²) in [5, 5.41) is 10.0. The van der Waals surface area contributed by atoms with E-state index in [0.717, 1.165) is 27.7 Å². The Hall–Kier alpha value is -2.66. The minimum Gasteiger partial charge on any atom is -0.493 e. The fourth-order valence-electron chi connectivity index (χ4n) is 2.38. The van der Waals surface area contributed by atoms with Crippen molar-refractivity contribution < 1.29 is 14.6 Å². The van der Waals surface area contributed by atoms with Crippen LogP contribution in [0.15, 0.2) is 42.7 Å². The van der Waals surface area contributed by atoms with Gasteiger partial charge in [0.1, 0.15) is 6.33 Å². The molecule has 0 amide bonds.